The number of aromatic nitrogens is 2. The molecular formula is C25H36N4O2. The van der Waals surface area contributed by atoms with E-state index in [0.29, 0.717) is 31.0 Å². The first-order chi connectivity index (χ1) is 15.2. The number of ketones is 1. The van der Waals surface area contributed by atoms with Crippen molar-refractivity contribution in [1.29, 1.82) is 0 Å². The summed E-state index contributed by atoms with van der Waals surface area (Å²) < 4.78 is 0. The Morgan fingerprint density at radius 2 is 1.90 bits per heavy atom. The molecule has 6 heteroatoms. The number of H-pyrrole nitrogens is 1. The van der Waals surface area contributed by atoms with Crippen molar-refractivity contribution < 1.29 is 9.59 Å². The van der Waals surface area contributed by atoms with E-state index in [0.717, 1.165) is 68.7 Å². The Kier molecular flexibility index (Phi) is 9.28. The van der Waals surface area contributed by atoms with E-state index in [1.807, 2.05) is 43.5 Å². The van der Waals surface area contributed by atoms with E-state index in [2.05, 4.69) is 20.6 Å². The molecule has 1 aliphatic heterocycles. The Morgan fingerprint density at radius 1 is 1.13 bits per heavy atom. The second kappa shape index (κ2) is 12.4. The molecule has 0 saturated carbocycles. The van der Waals surface area contributed by atoms with E-state index in [1.165, 1.54) is 0 Å². The molecule has 1 aliphatic rings. The summed E-state index contributed by atoms with van der Waals surface area (Å²) >= 11 is 0. The lowest BCUT2D eigenvalue weighted by atomic mass is 9.94. The first-order valence-corrected chi connectivity index (χ1v) is 11.8. The van der Waals surface area contributed by atoms with Crippen molar-refractivity contribution in [1.82, 2.24) is 20.6 Å². The molecule has 3 N–H and O–H groups in total. The third-order valence-corrected chi connectivity index (χ3v) is 6.12. The number of hydrogen-bond acceptors (Lipinski definition) is 4. The van der Waals surface area contributed by atoms with E-state index in [4.69, 9.17) is 0 Å². The molecule has 0 aliphatic carbocycles. The average Bonchev–Trinajstić information content (AvgIpc) is 3.29. The highest BCUT2D eigenvalue weighted by molar-refractivity contribution is 5.78. The molecule has 1 aromatic carbocycles. The summed E-state index contributed by atoms with van der Waals surface area (Å²) in [4.78, 5) is 32.3. The van der Waals surface area contributed by atoms with Gasteiger partial charge in [-0.05, 0) is 50.3 Å². The number of aromatic amines is 1. The molecule has 31 heavy (non-hydrogen) atoms. The SMILES string of the molecule is CCC(=O)CCCCC[C@H](NC(=O)CC1CCNCC1)c1ncc(-c2ccccc2)[nH]1. The first-order valence-electron chi connectivity index (χ1n) is 11.8. The fourth-order valence-corrected chi connectivity index (χ4v) is 4.18. The van der Waals surface area contributed by atoms with Crippen LogP contribution in [-0.2, 0) is 9.59 Å². The molecular weight excluding hydrogens is 388 g/mol. The fourth-order valence-electron chi connectivity index (χ4n) is 4.18. The molecule has 2 aromatic rings. The van der Waals surface area contributed by atoms with Gasteiger partial charge >= 0.3 is 0 Å². The zero-order valence-electron chi connectivity index (χ0n) is 18.7. The number of amides is 1. The van der Waals surface area contributed by atoms with Crippen LogP contribution in [0.4, 0.5) is 0 Å². The van der Waals surface area contributed by atoms with Gasteiger partial charge in [-0.15, -0.1) is 0 Å². The minimum Gasteiger partial charge on any atom is -0.346 e. The molecule has 1 atom stereocenters. The van der Waals surface area contributed by atoms with Gasteiger partial charge in [0.25, 0.3) is 0 Å². The third kappa shape index (κ3) is 7.62. The smallest absolute Gasteiger partial charge is 0.220 e. The van der Waals surface area contributed by atoms with Gasteiger partial charge in [-0.1, -0.05) is 50.1 Å². The number of carbonyl (C=O) groups is 2. The van der Waals surface area contributed by atoms with Gasteiger partial charge in [-0.3, -0.25) is 9.59 Å². The molecule has 0 radical (unpaired) electrons. The normalized spacial score (nSPS) is 15.5. The lowest BCUT2D eigenvalue weighted by Gasteiger charge is -2.23. The second-order valence-electron chi connectivity index (χ2n) is 8.56. The summed E-state index contributed by atoms with van der Waals surface area (Å²) in [6.45, 7) is 3.91. The van der Waals surface area contributed by atoms with Gasteiger partial charge in [-0.25, -0.2) is 4.98 Å². The summed E-state index contributed by atoms with van der Waals surface area (Å²) in [5.74, 6) is 1.70. The first kappa shape index (κ1) is 23.2. The molecule has 0 unspecified atom stereocenters. The molecule has 1 aromatic heterocycles. The van der Waals surface area contributed by atoms with Crippen LogP contribution in [0.3, 0.4) is 0 Å². The minimum absolute atomic E-state index is 0.107. The maximum Gasteiger partial charge on any atom is 0.220 e. The van der Waals surface area contributed by atoms with Crippen LogP contribution in [0.25, 0.3) is 11.3 Å². The molecule has 3 rings (SSSR count). The van der Waals surface area contributed by atoms with E-state index in [-0.39, 0.29) is 11.9 Å². The Balaban J connectivity index is 1.60. The predicted molar refractivity (Wildman–Crippen MR) is 124 cm³/mol. The van der Waals surface area contributed by atoms with Crippen LogP contribution in [0, 0.1) is 5.92 Å². The predicted octanol–water partition coefficient (Wildman–Crippen LogP) is 4.55. The van der Waals surface area contributed by atoms with Crippen molar-refractivity contribution in [3.8, 4) is 11.3 Å². The molecule has 6 nitrogen and oxygen atoms in total. The van der Waals surface area contributed by atoms with Crippen LogP contribution in [0.15, 0.2) is 36.5 Å². The van der Waals surface area contributed by atoms with Crippen LogP contribution in [-0.4, -0.2) is 34.7 Å². The molecule has 0 bridgehead atoms. The van der Waals surface area contributed by atoms with Gasteiger partial charge < -0.3 is 15.6 Å². The van der Waals surface area contributed by atoms with Crippen LogP contribution < -0.4 is 10.6 Å². The van der Waals surface area contributed by atoms with Crippen LogP contribution in [0.1, 0.15) is 76.6 Å². The summed E-state index contributed by atoms with van der Waals surface area (Å²) in [6, 6.07) is 9.97. The second-order valence-corrected chi connectivity index (χ2v) is 8.56. The van der Waals surface area contributed by atoms with Crippen molar-refractivity contribution in [2.45, 2.75) is 70.8 Å². The standard InChI is InChI=1S/C25H36N4O2/c1-2-21(30)11-7-4-8-12-22(28-24(31)17-19-13-15-26-16-14-19)25-27-18-23(29-25)20-9-5-3-6-10-20/h3,5-6,9-10,18-19,22,26H,2,4,7-8,11-17H2,1H3,(H,27,29)(H,28,31)/t22-/m0/s1. The molecule has 2 heterocycles. The number of piperidine rings is 1. The quantitative estimate of drug-likeness (QED) is 0.436. The number of carbonyl (C=O) groups excluding carboxylic acids is 2. The zero-order valence-corrected chi connectivity index (χ0v) is 18.7. The molecule has 1 fully saturated rings. The van der Waals surface area contributed by atoms with Gasteiger partial charge in [0.15, 0.2) is 0 Å². The van der Waals surface area contributed by atoms with Gasteiger partial charge in [0, 0.05) is 19.3 Å². The van der Waals surface area contributed by atoms with Crippen molar-refractivity contribution in [3.05, 3.63) is 42.4 Å². The average molecular weight is 425 g/mol. The highest BCUT2D eigenvalue weighted by Gasteiger charge is 2.21. The Labute approximate surface area is 185 Å². The van der Waals surface area contributed by atoms with Crippen molar-refractivity contribution in [2.75, 3.05) is 13.1 Å². The molecule has 1 amide bonds. The van der Waals surface area contributed by atoms with E-state index in [1.54, 1.807) is 0 Å². The van der Waals surface area contributed by atoms with Crippen LogP contribution >= 0.6 is 0 Å². The Bertz CT molecular complexity index is 812. The molecule has 168 valence electrons. The number of imidazole rings is 1. The van der Waals surface area contributed by atoms with Crippen LogP contribution in [0.2, 0.25) is 0 Å². The van der Waals surface area contributed by atoms with Gasteiger partial charge in [0.1, 0.15) is 11.6 Å². The van der Waals surface area contributed by atoms with E-state index in [9.17, 15) is 9.59 Å². The highest BCUT2D eigenvalue weighted by Crippen LogP contribution is 2.24. The maximum absolute atomic E-state index is 12.8. The number of hydrogen-bond donors (Lipinski definition) is 3. The van der Waals surface area contributed by atoms with Gasteiger partial charge in [0.2, 0.25) is 5.91 Å². The largest absolute Gasteiger partial charge is 0.346 e. The van der Waals surface area contributed by atoms with Crippen molar-refractivity contribution in [3.63, 3.8) is 0 Å². The van der Waals surface area contributed by atoms with Crippen molar-refractivity contribution >= 4 is 11.7 Å². The van der Waals surface area contributed by atoms with E-state index >= 15 is 0 Å². The Hall–Kier alpha value is -2.47. The summed E-state index contributed by atoms with van der Waals surface area (Å²) in [5.41, 5.74) is 2.04. The summed E-state index contributed by atoms with van der Waals surface area (Å²) in [5, 5.41) is 6.59. The molecule has 1 saturated heterocycles. The number of Topliss-reactive ketones (excluding diaryl/α,β-unsaturated/α-hetero) is 1. The van der Waals surface area contributed by atoms with Crippen LogP contribution in [0.5, 0.6) is 0 Å². The van der Waals surface area contributed by atoms with Gasteiger partial charge in [0.05, 0.1) is 17.9 Å². The van der Waals surface area contributed by atoms with Gasteiger partial charge in [-0.2, -0.15) is 0 Å². The number of nitrogens with one attached hydrogen (secondary N) is 3. The Morgan fingerprint density at radius 3 is 2.65 bits per heavy atom. The topological polar surface area (TPSA) is 86.9 Å². The third-order valence-electron chi connectivity index (χ3n) is 6.12. The number of benzene rings is 1. The van der Waals surface area contributed by atoms with E-state index < -0.39 is 0 Å². The summed E-state index contributed by atoms with van der Waals surface area (Å²) in [7, 11) is 0. The minimum atomic E-state index is -0.131. The fraction of sp³-hybridized carbons (Fsp3) is 0.560. The zero-order chi connectivity index (χ0) is 21.9. The number of unbranched alkanes of at least 4 members (excludes halogenated alkanes) is 2. The number of nitrogens with zero attached hydrogens (tertiary/aromatic N) is 1. The maximum atomic E-state index is 12.8. The molecule has 0 spiro atoms. The lowest BCUT2D eigenvalue weighted by molar-refractivity contribution is -0.123. The summed E-state index contributed by atoms with van der Waals surface area (Å²) in [6.07, 6.45) is 9.48. The monoisotopic (exact) mass is 424 g/mol. The van der Waals surface area contributed by atoms with Crippen molar-refractivity contribution in [2.24, 2.45) is 5.92 Å². The highest BCUT2D eigenvalue weighted by atomic mass is 16.1. The number of rotatable bonds is 12. The lowest BCUT2D eigenvalue weighted by Crippen LogP contribution is -2.34.